The van der Waals surface area contributed by atoms with Crippen molar-refractivity contribution in [3.63, 3.8) is 0 Å². The largest absolute Gasteiger partial charge is 0.454 e. The highest BCUT2D eigenvalue weighted by Gasteiger charge is 2.38. The molecule has 0 amide bonds. The Morgan fingerprint density at radius 2 is 1.10 bits per heavy atom. The lowest BCUT2D eigenvalue weighted by atomic mass is 9.34. The predicted molar refractivity (Wildman–Crippen MR) is 208 cm³/mol. The summed E-state index contributed by atoms with van der Waals surface area (Å²) < 4.78 is 9.51. The van der Waals surface area contributed by atoms with Crippen LogP contribution >= 0.6 is 0 Å². The van der Waals surface area contributed by atoms with Gasteiger partial charge >= 0.3 is 0 Å². The van der Waals surface area contributed by atoms with Gasteiger partial charge in [0.15, 0.2) is 5.58 Å². The van der Waals surface area contributed by atoms with Crippen LogP contribution in [0.1, 0.15) is 0 Å². The molecule has 11 rings (SSSR count). The molecule has 0 radical (unpaired) electrons. The Hall–Kier alpha value is -6.32. The molecule has 0 saturated carbocycles. The maximum absolute atomic E-state index is 7.02. The van der Waals surface area contributed by atoms with Gasteiger partial charge in [0, 0.05) is 27.1 Å². The number of benzene rings is 8. The van der Waals surface area contributed by atoms with Gasteiger partial charge in [0.1, 0.15) is 5.58 Å². The normalized spacial score (nSPS) is 12.4. The molecule has 0 fully saturated rings. The number of para-hydroxylation sites is 2. The average Bonchev–Trinajstić information content (AvgIpc) is 3.73. The molecule has 0 aliphatic carbocycles. The first-order valence-corrected chi connectivity index (χ1v) is 17.0. The third-order valence-corrected chi connectivity index (χ3v) is 10.7. The van der Waals surface area contributed by atoms with Crippen molar-refractivity contribution in [2.45, 2.75) is 0 Å². The van der Waals surface area contributed by atoms with E-state index in [0.717, 1.165) is 22.2 Å². The summed E-state index contributed by atoms with van der Waals surface area (Å²) in [6.07, 6.45) is 0. The number of hydrogen-bond acceptors (Lipinski definition) is 1. The number of rotatable bonds is 3. The van der Waals surface area contributed by atoms with Crippen LogP contribution < -0.4 is 16.4 Å². The van der Waals surface area contributed by atoms with Crippen LogP contribution in [0.5, 0.6) is 0 Å². The lowest BCUT2D eigenvalue weighted by molar-refractivity contribution is 0.667. The van der Waals surface area contributed by atoms with E-state index in [4.69, 9.17) is 4.42 Å². The molecule has 0 atom stereocenters. The highest BCUT2D eigenvalue weighted by Crippen LogP contribution is 2.41. The van der Waals surface area contributed by atoms with E-state index in [1.54, 1.807) is 0 Å². The molecule has 49 heavy (non-hydrogen) atoms. The second kappa shape index (κ2) is 10.1. The molecule has 0 saturated heterocycles. The van der Waals surface area contributed by atoms with Gasteiger partial charge in [-0.1, -0.05) is 163 Å². The molecule has 10 aromatic rings. The third kappa shape index (κ3) is 3.67. The van der Waals surface area contributed by atoms with Gasteiger partial charge in [0.2, 0.25) is 6.71 Å². The smallest absolute Gasteiger partial charge is 0.248 e. The fourth-order valence-corrected chi connectivity index (χ4v) is 8.68. The highest BCUT2D eigenvalue weighted by molar-refractivity contribution is 6.99. The van der Waals surface area contributed by atoms with Gasteiger partial charge in [-0.05, 0) is 56.1 Å². The molecule has 8 aromatic carbocycles. The van der Waals surface area contributed by atoms with Crippen molar-refractivity contribution in [2.75, 3.05) is 0 Å². The van der Waals surface area contributed by atoms with Gasteiger partial charge < -0.3 is 8.98 Å². The minimum absolute atomic E-state index is 0.0449. The molecule has 1 aliphatic rings. The van der Waals surface area contributed by atoms with Gasteiger partial charge in [0.25, 0.3) is 0 Å². The summed E-state index contributed by atoms with van der Waals surface area (Å²) in [5.74, 6) is 0. The SMILES string of the molecule is c1ccc(-c2cccc(-c3ccccc3)c2B2c3ccc4c(oc5ccc6ccccc6c54)c3-n3c4ccccc4c4cccc2c43)cc1. The van der Waals surface area contributed by atoms with Crippen molar-refractivity contribution < 1.29 is 4.42 Å². The first-order chi connectivity index (χ1) is 24.3. The zero-order valence-corrected chi connectivity index (χ0v) is 26.6. The summed E-state index contributed by atoms with van der Waals surface area (Å²) in [4.78, 5) is 0. The minimum atomic E-state index is -0.0449. The van der Waals surface area contributed by atoms with E-state index in [1.807, 2.05) is 0 Å². The maximum atomic E-state index is 7.02. The molecule has 1 aliphatic heterocycles. The molecular formula is C46H28BNO. The van der Waals surface area contributed by atoms with Crippen LogP contribution in [0, 0.1) is 0 Å². The summed E-state index contributed by atoms with van der Waals surface area (Å²) in [5, 5.41) is 7.28. The summed E-state index contributed by atoms with van der Waals surface area (Å²) >= 11 is 0. The Morgan fingerprint density at radius 1 is 0.449 bits per heavy atom. The molecule has 0 bridgehead atoms. The Balaban J connectivity index is 1.35. The van der Waals surface area contributed by atoms with Crippen LogP contribution in [0.3, 0.4) is 0 Å². The van der Waals surface area contributed by atoms with Crippen LogP contribution in [0.15, 0.2) is 174 Å². The number of nitrogens with zero attached hydrogens (tertiary/aromatic N) is 1. The van der Waals surface area contributed by atoms with E-state index >= 15 is 0 Å². The Kier molecular flexibility index (Phi) is 5.50. The van der Waals surface area contributed by atoms with E-state index < -0.39 is 0 Å². The van der Waals surface area contributed by atoms with Gasteiger partial charge in [-0.3, -0.25) is 0 Å². The van der Waals surface area contributed by atoms with E-state index in [2.05, 4.69) is 174 Å². The number of furan rings is 1. The highest BCUT2D eigenvalue weighted by atomic mass is 16.3. The molecule has 0 N–H and O–H groups in total. The van der Waals surface area contributed by atoms with Gasteiger partial charge in [0.05, 0.1) is 11.2 Å². The predicted octanol–water partition coefficient (Wildman–Crippen LogP) is 10.00. The van der Waals surface area contributed by atoms with Crippen molar-refractivity contribution in [3.05, 3.63) is 170 Å². The Bertz CT molecular complexity index is 2880. The molecular weight excluding hydrogens is 593 g/mol. The molecule has 0 unspecified atom stereocenters. The molecule has 2 aromatic heterocycles. The standard InChI is InChI=1S/C46H28BNO/c1-3-13-29(14-4-1)33-20-11-21-34(30-15-5-2-6-16-30)43(33)47-38-23-12-22-36-35-19-9-10-24-40(35)48(44(36)38)45-39(47)27-26-37-42-32-18-8-7-17-31(32)25-28-41(42)49-46(37)45/h1-28H. The third-order valence-electron chi connectivity index (χ3n) is 10.7. The van der Waals surface area contributed by atoms with Crippen LogP contribution in [-0.4, -0.2) is 11.3 Å². The van der Waals surface area contributed by atoms with E-state index in [0.29, 0.717) is 0 Å². The fourth-order valence-electron chi connectivity index (χ4n) is 8.68. The van der Waals surface area contributed by atoms with Crippen molar-refractivity contribution in [3.8, 4) is 27.9 Å². The number of aromatic nitrogens is 1. The quantitative estimate of drug-likeness (QED) is 0.180. The molecule has 3 heterocycles. The van der Waals surface area contributed by atoms with E-state index in [-0.39, 0.29) is 6.71 Å². The fraction of sp³-hybridized carbons (Fsp3) is 0. The zero-order chi connectivity index (χ0) is 32.1. The van der Waals surface area contributed by atoms with Gasteiger partial charge in [-0.25, -0.2) is 0 Å². The average molecular weight is 622 g/mol. The summed E-state index contributed by atoms with van der Waals surface area (Å²) in [6.45, 7) is -0.0449. The molecule has 3 heteroatoms. The lowest BCUT2D eigenvalue weighted by Gasteiger charge is -2.30. The first kappa shape index (κ1) is 26.7. The van der Waals surface area contributed by atoms with Gasteiger partial charge in [-0.15, -0.1) is 0 Å². The second-order valence-electron chi connectivity index (χ2n) is 13.2. The topological polar surface area (TPSA) is 18.1 Å². The van der Waals surface area contributed by atoms with Crippen LogP contribution in [0.25, 0.3) is 82.5 Å². The summed E-state index contributed by atoms with van der Waals surface area (Å²) in [6, 6.07) is 61.9. The first-order valence-electron chi connectivity index (χ1n) is 17.0. The second-order valence-corrected chi connectivity index (χ2v) is 13.2. The van der Waals surface area contributed by atoms with Crippen molar-refractivity contribution in [2.24, 2.45) is 0 Å². The van der Waals surface area contributed by atoms with Crippen molar-refractivity contribution in [1.82, 2.24) is 4.57 Å². The monoisotopic (exact) mass is 621 g/mol. The summed E-state index contributed by atoms with van der Waals surface area (Å²) in [5.41, 5.74) is 14.2. The van der Waals surface area contributed by atoms with Crippen LogP contribution in [-0.2, 0) is 0 Å². The number of hydrogen-bond donors (Lipinski definition) is 0. The van der Waals surface area contributed by atoms with E-state index in [1.165, 1.54) is 76.6 Å². The van der Waals surface area contributed by atoms with Gasteiger partial charge in [-0.2, -0.15) is 0 Å². The Labute approximate surface area is 283 Å². The zero-order valence-electron chi connectivity index (χ0n) is 26.6. The Morgan fingerprint density at radius 3 is 1.88 bits per heavy atom. The minimum Gasteiger partial charge on any atom is -0.454 e. The molecule has 2 nitrogen and oxygen atoms in total. The van der Waals surface area contributed by atoms with Crippen molar-refractivity contribution in [1.29, 1.82) is 0 Å². The van der Waals surface area contributed by atoms with Crippen molar-refractivity contribution >= 4 is 77.6 Å². The van der Waals surface area contributed by atoms with Crippen LogP contribution in [0.4, 0.5) is 0 Å². The van der Waals surface area contributed by atoms with E-state index in [9.17, 15) is 0 Å². The van der Waals surface area contributed by atoms with Crippen LogP contribution in [0.2, 0.25) is 0 Å². The summed E-state index contributed by atoms with van der Waals surface area (Å²) in [7, 11) is 0. The number of fused-ring (bicyclic) bond motifs is 11. The lowest BCUT2D eigenvalue weighted by Crippen LogP contribution is -2.57. The molecule has 0 spiro atoms. The molecule has 226 valence electrons. The maximum Gasteiger partial charge on any atom is 0.248 e.